The van der Waals surface area contributed by atoms with Crippen molar-refractivity contribution in [3.8, 4) is 0 Å². The minimum absolute atomic E-state index is 0.102. The minimum Gasteiger partial charge on any atom is -0.480 e. The molecule has 1 saturated heterocycles. The molecule has 1 aromatic heterocycles. The van der Waals surface area contributed by atoms with Gasteiger partial charge < -0.3 is 15.3 Å². The van der Waals surface area contributed by atoms with Crippen LogP contribution in [0.4, 0.5) is 5.95 Å². The second kappa shape index (κ2) is 7.33. The molecule has 1 aliphatic heterocycles. The Balaban J connectivity index is 1.91. The van der Waals surface area contributed by atoms with E-state index in [1.165, 1.54) is 4.90 Å². The Kier molecular flexibility index (Phi) is 5.46. The number of nitrogens with one attached hydrogen (secondary N) is 1. The monoisotopic (exact) mass is 293 g/mol. The van der Waals surface area contributed by atoms with Gasteiger partial charge in [-0.25, -0.2) is 9.97 Å². The number of anilines is 1. The van der Waals surface area contributed by atoms with Crippen molar-refractivity contribution in [1.29, 1.82) is 0 Å². The van der Waals surface area contributed by atoms with Gasteiger partial charge in [-0.05, 0) is 6.42 Å². The zero-order valence-corrected chi connectivity index (χ0v) is 12.6. The number of carbonyl (C=O) groups is 1. The summed E-state index contributed by atoms with van der Waals surface area (Å²) in [6.45, 7) is 6.00. The van der Waals surface area contributed by atoms with Gasteiger partial charge in [0, 0.05) is 57.2 Å². The summed E-state index contributed by atoms with van der Waals surface area (Å²) in [6, 6.07) is 0.556. The highest BCUT2D eigenvalue weighted by atomic mass is 16.4. The molecule has 0 aliphatic carbocycles. The zero-order chi connectivity index (χ0) is 15.2. The van der Waals surface area contributed by atoms with Crippen LogP contribution < -0.4 is 10.2 Å². The van der Waals surface area contributed by atoms with Crippen LogP contribution in [0.5, 0.6) is 0 Å². The Morgan fingerprint density at radius 3 is 2.86 bits per heavy atom. The van der Waals surface area contributed by atoms with Crippen molar-refractivity contribution in [3.63, 3.8) is 0 Å². The van der Waals surface area contributed by atoms with E-state index in [2.05, 4.69) is 27.1 Å². The smallest absolute Gasteiger partial charge is 0.323 e. The largest absolute Gasteiger partial charge is 0.480 e. The first-order valence-electron chi connectivity index (χ1n) is 7.28. The molecular weight excluding hydrogens is 270 g/mol. The number of likely N-dealkylation sites (N-methyl/N-ethyl adjacent to an activating group) is 1. The standard InChI is InChI=1S/C14H23N5O2/c1-3-12-9-19(5-4-15-12)8-11-6-16-14(17-7-11)18(2)10-13(20)21/h6-7,12,15H,3-5,8-10H2,1-2H3,(H,20,21)/t12-/m0/s1. The Morgan fingerprint density at radius 2 is 2.24 bits per heavy atom. The summed E-state index contributed by atoms with van der Waals surface area (Å²) in [4.78, 5) is 23.1. The molecule has 0 bridgehead atoms. The van der Waals surface area contributed by atoms with Crippen LogP contribution in [0.2, 0.25) is 0 Å². The van der Waals surface area contributed by atoms with E-state index >= 15 is 0 Å². The lowest BCUT2D eigenvalue weighted by atomic mass is 10.1. The second-order valence-corrected chi connectivity index (χ2v) is 5.44. The predicted octanol–water partition coefficient (Wildman–Crippen LogP) is 0.181. The third-order valence-electron chi connectivity index (χ3n) is 3.64. The van der Waals surface area contributed by atoms with Gasteiger partial charge in [-0.2, -0.15) is 0 Å². The molecule has 1 aliphatic rings. The van der Waals surface area contributed by atoms with E-state index in [0.29, 0.717) is 12.0 Å². The quantitative estimate of drug-likeness (QED) is 0.774. The highest BCUT2D eigenvalue weighted by Gasteiger charge is 2.18. The molecule has 7 nitrogen and oxygen atoms in total. The van der Waals surface area contributed by atoms with Crippen LogP contribution in [0.25, 0.3) is 0 Å². The first-order chi connectivity index (χ1) is 10.1. The topological polar surface area (TPSA) is 81.6 Å². The van der Waals surface area contributed by atoms with Gasteiger partial charge in [0.25, 0.3) is 0 Å². The summed E-state index contributed by atoms with van der Waals surface area (Å²) in [5, 5.41) is 12.2. The molecule has 0 amide bonds. The van der Waals surface area contributed by atoms with Crippen molar-refractivity contribution in [2.24, 2.45) is 0 Å². The number of carboxylic acid groups (broad SMARTS) is 1. The number of carboxylic acids is 1. The third-order valence-corrected chi connectivity index (χ3v) is 3.64. The molecule has 1 aromatic rings. The summed E-state index contributed by atoms with van der Waals surface area (Å²) >= 11 is 0. The van der Waals surface area contributed by atoms with Gasteiger partial charge in [-0.3, -0.25) is 9.69 Å². The molecule has 0 unspecified atom stereocenters. The predicted molar refractivity (Wildman–Crippen MR) is 80.3 cm³/mol. The summed E-state index contributed by atoms with van der Waals surface area (Å²) in [6.07, 6.45) is 4.69. The van der Waals surface area contributed by atoms with Gasteiger partial charge >= 0.3 is 5.97 Å². The van der Waals surface area contributed by atoms with Crippen LogP contribution >= 0.6 is 0 Å². The SMILES string of the molecule is CC[C@H]1CN(Cc2cnc(N(C)CC(=O)O)nc2)CCN1. The van der Waals surface area contributed by atoms with Crippen molar-refractivity contribution in [3.05, 3.63) is 18.0 Å². The first-order valence-corrected chi connectivity index (χ1v) is 7.28. The maximum absolute atomic E-state index is 10.7. The number of hydrogen-bond acceptors (Lipinski definition) is 6. The summed E-state index contributed by atoms with van der Waals surface area (Å²) < 4.78 is 0. The van der Waals surface area contributed by atoms with Gasteiger partial charge in [0.05, 0.1) is 0 Å². The van der Waals surface area contributed by atoms with E-state index in [4.69, 9.17) is 5.11 Å². The van der Waals surface area contributed by atoms with Crippen LogP contribution in [-0.4, -0.2) is 65.2 Å². The van der Waals surface area contributed by atoms with E-state index in [9.17, 15) is 4.79 Å². The number of rotatable bonds is 6. The van der Waals surface area contributed by atoms with Crippen LogP contribution in [-0.2, 0) is 11.3 Å². The van der Waals surface area contributed by atoms with Gasteiger partial charge in [0.2, 0.25) is 5.95 Å². The number of piperazine rings is 1. The molecular formula is C14H23N5O2. The fourth-order valence-electron chi connectivity index (χ4n) is 2.47. The second-order valence-electron chi connectivity index (χ2n) is 5.44. The minimum atomic E-state index is -0.892. The lowest BCUT2D eigenvalue weighted by Gasteiger charge is -2.33. The van der Waals surface area contributed by atoms with E-state index in [-0.39, 0.29) is 6.54 Å². The summed E-state index contributed by atoms with van der Waals surface area (Å²) in [7, 11) is 1.67. The number of nitrogens with zero attached hydrogens (tertiary/aromatic N) is 4. The molecule has 7 heteroatoms. The summed E-state index contributed by atoms with van der Waals surface area (Å²) in [5.74, 6) is -0.454. The van der Waals surface area contributed by atoms with E-state index in [0.717, 1.165) is 38.2 Å². The Hall–Kier alpha value is -1.73. The fraction of sp³-hybridized carbons (Fsp3) is 0.643. The zero-order valence-electron chi connectivity index (χ0n) is 12.6. The van der Waals surface area contributed by atoms with Gasteiger partial charge in [-0.1, -0.05) is 6.92 Å². The van der Waals surface area contributed by atoms with Crippen molar-refractivity contribution >= 4 is 11.9 Å². The summed E-state index contributed by atoms with van der Waals surface area (Å²) in [5.41, 5.74) is 1.05. The lowest BCUT2D eigenvalue weighted by molar-refractivity contribution is -0.135. The molecule has 2 heterocycles. The average molecular weight is 293 g/mol. The molecule has 116 valence electrons. The number of aromatic nitrogens is 2. The van der Waals surface area contributed by atoms with E-state index < -0.39 is 5.97 Å². The highest BCUT2D eigenvalue weighted by Crippen LogP contribution is 2.10. The molecule has 2 N–H and O–H groups in total. The molecule has 1 atom stereocenters. The van der Waals surface area contributed by atoms with Gasteiger partial charge in [0.15, 0.2) is 0 Å². The average Bonchev–Trinajstić information content (AvgIpc) is 2.47. The molecule has 0 aromatic carbocycles. The van der Waals surface area contributed by atoms with Gasteiger partial charge in [0.1, 0.15) is 6.54 Å². The van der Waals surface area contributed by atoms with Crippen LogP contribution in [0.1, 0.15) is 18.9 Å². The molecule has 0 saturated carbocycles. The number of hydrogen-bond donors (Lipinski definition) is 2. The first kappa shape index (κ1) is 15.7. The van der Waals surface area contributed by atoms with Crippen molar-refractivity contribution in [2.45, 2.75) is 25.9 Å². The van der Waals surface area contributed by atoms with Crippen LogP contribution in [0.3, 0.4) is 0 Å². The van der Waals surface area contributed by atoms with Crippen LogP contribution in [0.15, 0.2) is 12.4 Å². The van der Waals surface area contributed by atoms with Crippen LogP contribution in [0, 0.1) is 0 Å². The Bertz CT molecular complexity index is 465. The number of aliphatic carboxylic acids is 1. The van der Waals surface area contributed by atoms with E-state index in [1.54, 1.807) is 19.4 Å². The third kappa shape index (κ3) is 4.64. The van der Waals surface area contributed by atoms with Crippen molar-refractivity contribution in [1.82, 2.24) is 20.2 Å². The van der Waals surface area contributed by atoms with Gasteiger partial charge in [-0.15, -0.1) is 0 Å². The maximum atomic E-state index is 10.7. The van der Waals surface area contributed by atoms with E-state index in [1.807, 2.05) is 0 Å². The maximum Gasteiger partial charge on any atom is 0.323 e. The van der Waals surface area contributed by atoms with Crippen molar-refractivity contribution in [2.75, 3.05) is 38.1 Å². The Labute approximate surface area is 125 Å². The molecule has 1 fully saturated rings. The lowest BCUT2D eigenvalue weighted by Crippen LogP contribution is -2.49. The normalized spacial score (nSPS) is 19.4. The molecule has 2 rings (SSSR count). The highest BCUT2D eigenvalue weighted by molar-refractivity contribution is 5.72. The van der Waals surface area contributed by atoms with Crippen molar-refractivity contribution < 1.29 is 9.90 Å². The molecule has 21 heavy (non-hydrogen) atoms. The Morgan fingerprint density at radius 1 is 1.52 bits per heavy atom. The molecule has 0 spiro atoms. The fourth-order valence-corrected chi connectivity index (χ4v) is 2.47. The molecule has 0 radical (unpaired) electrons.